The molecule has 2 rings (SSSR count). The molecule has 8 nitrogen and oxygen atoms in total. The van der Waals surface area contributed by atoms with E-state index in [1.54, 1.807) is 25.1 Å². The minimum atomic E-state index is -1.25. The van der Waals surface area contributed by atoms with Crippen LogP contribution in [0.4, 0.5) is 0 Å². The van der Waals surface area contributed by atoms with E-state index in [-0.39, 0.29) is 25.6 Å². The first-order valence-corrected chi connectivity index (χ1v) is 9.19. The smallest absolute Gasteiger partial charge is 0.317 e. The van der Waals surface area contributed by atoms with Gasteiger partial charge in [-0.25, -0.2) is 0 Å². The Bertz CT molecular complexity index is 772. The van der Waals surface area contributed by atoms with Gasteiger partial charge in [-0.05, 0) is 44.9 Å². The van der Waals surface area contributed by atoms with E-state index in [1.807, 2.05) is 19.9 Å². The molecule has 0 amide bonds. The number of Topliss-reactive ketones (excluding diaryl/α,β-unsaturated/α-hetero) is 1. The predicted molar refractivity (Wildman–Crippen MR) is 101 cm³/mol. The molecule has 0 aliphatic carbocycles. The molecule has 1 aromatic rings. The monoisotopic (exact) mass is 391 g/mol. The number of nitrogens with zero attached hydrogens (tertiary/aromatic N) is 1. The predicted octanol–water partition coefficient (Wildman–Crippen LogP) is 3.27. The minimum absolute atomic E-state index is 0.0571. The van der Waals surface area contributed by atoms with Gasteiger partial charge in [0, 0.05) is 11.3 Å². The lowest BCUT2D eigenvalue weighted by molar-refractivity contribution is -0.484. The summed E-state index contributed by atoms with van der Waals surface area (Å²) >= 11 is 0. The van der Waals surface area contributed by atoms with E-state index in [0.29, 0.717) is 23.5 Å². The first-order valence-electron chi connectivity index (χ1n) is 9.19. The van der Waals surface area contributed by atoms with E-state index in [2.05, 4.69) is 0 Å². The topological polar surface area (TPSA) is 105 Å². The van der Waals surface area contributed by atoms with Crippen LogP contribution in [0.25, 0.3) is 0 Å². The summed E-state index contributed by atoms with van der Waals surface area (Å²) in [6, 6.07) is 4.84. The number of rotatable bonds is 10. The molecular weight excluding hydrogens is 366 g/mol. The molecule has 2 unspecified atom stereocenters. The van der Waals surface area contributed by atoms with Gasteiger partial charge in [-0.1, -0.05) is 17.7 Å². The van der Waals surface area contributed by atoms with Crippen molar-refractivity contribution in [2.45, 2.75) is 39.5 Å². The number of nitro groups is 1. The summed E-state index contributed by atoms with van der Waals surface area (Å²) in [5.74, 6) is -2.37. The summed E-state index contributed by atoms with van der Waals surface area (Å²) in [5.41, 5.74) is 1.47. The Morgan fingerprint density at radius 3 is 2.64 bits per heavy atom. The van der Waals surface area contributed by atoms with Crippen LogP contribution >= 0.6 is 0 Å². The molecule has 2 atom stereocenters. The van der Waals surface area contributed by atoms with Gasteiger partial charge in [0.15, 0.2) is 11.5 Å². The second-order valence-electron chi connectivity index (χ2n) is 6.57. The van der Waals surface area contributed by atoms with Crippen LogP contribution in [0, 0.1) is 16.0 Å². The molecule has 1 heterocycles. The molecule has 1 aliphatic rings. The quantitative estimate of drug-likeness (QED) is 0.198. The molecule has 0 aromatic heterocycles. The maximum absolute atomic E-state index is 12.9. The molecule has 0 spiro atoms. The Kier molecular flexibility index (Phi) is 7.54. The van der Waals surface area contributed by atoms with Gasteiger partial charge >= 0.3 is 5.97 Å². The zero-order valence-corrected chi connectivity index (χ0v) is 16.3. The van der Waals surface area contributed by atoms with Crippen LogP contribution in [0.1, 0.15) is 45.1 Å². The molecule has 0 N–H and O–H groups in total. The van der Waals surface area contributed by atoms with Crippen molar-refractivity contribution in [2.24, 2.45) is 5.92 Å². The third kappa shape index (κ3) is 5.31. The fourth-order valence-corrected chi connectivity index (χ4v) is 3.08. The van der Waals surface area contributed by atoms with Crippen molar-refractivity contribution in [3.8, 4) is 11.5 Å². The fraction of sp³-hybridized carbons (Fsp3) is 0.500. The number of ether oxygens (including phenoxy) is 3. The third-order valence-corrected chi connectivity index (χ3v) is 4.72. The maximum atomic E-state index is 12.9. The van der Waals surface area contributed by atoms with Crippen LogP contribution in [0.15, 0.2) is 29.8 Å². The van der Waals surface area contributed by atoms with Crippen molar-refractivity contribution in [2.75, 3.05) is 19.9 Å². The SMILES string of the molecule is C/C=C(\C)CCC(=O)C(C(=O)OCC)C(C[N+](=O)[O-])c1ccc2c(c1)OCO2. The first kappa shape index (κ1) is 21.4. The van der Waals surface area contributed by atoms with E-state index < -0.39 is 29.3 Å². The molecule has 1 aromatic carbocycles. The van der Waals surface area contributed by atoms with Gasteiger partial charge in [-0.2, -0.15) is 0 Å². The summed E-state index contributed by atoms with van der Waals surface area (Å²) in [7, 11) is 0. The number of carbonyl (C=O) groups excluding carboxylic acids is 2. The van der Waals surface area contributed by atoms with E-state index in [1.165, 1.54) is 0 Å². The van der Waals surface area contributed by atoms with Gasteiger partial charge in [0.25, 0.3) is 0 Å². The van der Waals surface area contributed by atoms with Crippen LogP contribution in [-0.4, -0.2) is 36.6 Å². The van der Waals surface area contributed by atoms with Crippen molar-refractivity contribution in [3.05, 3.63) is 45.5 Å². The number of hydrogen-bond donors (Lipinski definition) is 0. The van der Waals surface area contributed by atoms with Crippen LogP contribution in [0.2, 0.25) is 0 Å². The number of esters is 1. The van der Waals surface area contributed by atoms with E-state index >= 15 is 0 Å². The lowest BCUT2D eigenvalue weighted by atomic mass is 9.81. The second kappa shape index (κ2) is 9.87. The highest BCUT2D eigenvalue weighted by Gasteiger charge is 2.40. The minimum Gasteiger partial charge on any atom is -0.465 e. The summed E-state index contributed by atoms with van der Waals surface area (Å²) in [5, 5.41) is 11.3. The first-order chi connectivity index (χ1) is 13.4. The maximum Gasteiger partial charge on any atom is 0.317 e. The average Bonchev–Trinajstić information content (AvgIpc) is 3.13. The molecule has 0 saturated heterocycles. The molecular formula is C20H25NO7. The Hall–Kier alpha value is -2.90. The van der Waals surface area contributed by atoms with Gasteiger partial charge in [-0.3, -0.25) is 19.7 Å². The third-order valence-electron chi connectivity index (χ3n) is 4.72. The summed E-state index contributed by atoms with van der Waals surface area (Å²) < 4.78 is 15.7. The van der Waals surface area contributed by atoms with Crippen LogP contribution in [0.5, 0.6) is 11.5 Å². The van der Waals surface area contributed by atoms with Crippen LogP contribution < -0.4 is 9.47 Å². The number of allylic oxidation sites excluding steroid dienone is 2. The van der Waals surface area contributed by atoms with E-state index in [4.69, 9.17) is 14.2 Å². The lowest BCUT2D eigenvalue weighted by Gasteiger charge is -2.22. The Morgan fingerprint density at radius 2 is 2.00 bits per heavy atom. The van der Waals surface area contributed by atoms with Gasteiger partial charge in [-0.15, -0.1) is 0 Å². The fourth-order valence-electron chi connectivity index (χ4n) is 3.08. The van der Waals surface area contributed by atoms with Crippen LogP contribution in [0.3, 0.4) is 0 Å². The Labute approximate surface area is 163 Å². The Morgan fingerprint density at radius 1 is 1.29 bits per heavy atom. The number of hydrogen-bond acceptors (Lipinski definition) is 7. The normalized spacial score (nSPS) is 15.0. The van der Waals surface area contributed by atoms with Crippen molar-refractivity contribution < 1.29 is 28.7 Å². The van der Waals surface area contributed by atoms with Crippen molar-refractivity contribution in [1.29, 1.82) is 0 Å². The molecule has 0 saturated carbocycles. The summed E-state index contributed by atoms with van der Waals surface area (Å²) in [4.78, 5) is 36.3. The number of benzene rings is 1. The zero-order chi connectivity index (χ0) is 20.7. The van der Waals surface area contributed by atoms with E-state index in [9.17, 15) is 19.7 Å². The van der Waals surface area contributed by atoms with Gasteiger partial charge in [0.1, 0.15) is 11.7 Å². The highest BCUT2D eigenvalue weighted by Crippen LogP contribution is 2.37. The standard InChI is InChI=1S/C20H25NO7/c1-4-13(3)6-8-16(22)19(20(23)26-5-2)15(11-21(24)25)14-7-9-17-18(10-14)28-12-27-17/h4,7,9-10,15,19H,5-6,8,11-12H2,1-3H3/b13-4+. The molecule has 8 heteroatoms. The van der Waals surface area contributed by atoms with Gasteiger partial charge in [0.05, 0.1) is 12.5 Å². The summed E-state index contributed by atoms with van der Waals surface area (Å²) in [6.07, 6.45) is 2.48. The number of ketones is 1. The van der Waals surface area contributed by atoms with Crippen molar-refractivity contribution in [3.63, 3.8) is 0 Å². The molecule has 0 radical (unpaired) electrons. The van der Waals surface area contributed by atoms with Crippen molar-refractivity contribution >= 4 is 11.8 Å². The molecule has 0 fully saturated rings. The lowest BCUT2D eigenvalue weighted by Crippen LogP contribution is -2.35. The zero-order valence-electron chi connectivity index (χ0n) is 16.3. The Balaban J connectivity index is 2.38. The molecule has 152 valence electrons. The highest BCUT2D eigenvalue weighted by atomic mass is 16.7. The van der Waals surface area contributed by atoms with E-state index in [0.717, 1.165) is 5.57 Å². The van der Waals surface area contributed by atoms with Gasteiger partial charge < -0.3 is 14.2 Å². The average molecular weight is 391 g/mol. The number of carbonyl (C=O) groups is 2. The van der Waals surface area contributed by atoms with Crippen LogP contribution in [-0.2, 0) is 14.3 Å². The van der Waals surface area contributed by atoms with Crippen molar-refractivity contribution in [1.82, 2.24) is 0 Å². The largest absolute Gasteiger partial charge is 0.465 e. The molecule has 0 bridgehead atoms. The highest BCUT2D eigenvalue weighted by molar-refractivity contribution is 6.00. The molecule has 28 heavy (non-hydrogen) atoms. The summed E-state index contributed by atoms with van der Waals surface area (Å²) in [6.45, 7) is 4.96. The number of fused-ring (bicyclic) bond motifs is 1. The second-order valence-corrected chi connectivity index (χ2v) is 6.57. The van der Waals surface area contributed by atoms with Gasteiger partial charge in [0.2, 0.25) is 13.3 Å². The molecule has 1 aliphatic heterocycles.